The van der Waals surface area contributed by atoms with Crippen LogP contribution in [0.2, 0.25) is 0 Å². The first-order chi connectivity index (χ1) is 7.47. The Morgan fingerprint density at radius 3 is 2.69 bits per heavy atom. The highest BCUT2D eigenvalue weighted by Crippen LogP contribution is 2.16. The van der Waals surface area contributed by atoms with E-state index in [0.717, 1.165) is 11.3 Å². The van der Waals surface area contributed by atoms with Gasteiger partial charge in [0.25, 0.3) is 0 Å². The van der Waals surface area contributed by atoms with E-state index >= 15 is 0 Å². The van der Waals surface area contributed by atoms with Gasteiger partial charge >= 0.3 is 0 Å². The second kappa shape index (κ2) is 5.34. The number of nitrogens with zero attached hydrogens (tertiary/aromatic N) is 2. The summed E-state index contributed by atoms with van der Waals surface area (Å²) in [6.45, 7) is 5.74. The van der Waals surface area contributed by atoms with E-state index in [1.807, 2.05) is 27.8 Å². The maximum Gasteiger partial charge on any atom is 0.224 e. The van der Waals surface area contributed by atoms with E-state index in [9.17, 15) is 4.79 Å². The standard InChI is InChI=1S/C11H18ClN3O/c1-7(5-12)11(16)14-8(2)10-6-13-15(4)9(10)3/h6-8H,5H2,1-4H3,(H,14,16). The molecule has 0 aliphatic heterocycles. The summed E-state index contributed by atoms with van der Waals surface area (Å²) in [7, 11) is 1.88. The Labute approximate surface area is 101 Å². The summed E-state index contributed by atoms with van der Waals surface area (Å²) >= 11 is 5.63. The summed E-state index contributed by atoms with van der Waals surface area (Å²) in [5.74, 6) is 0.150. The van der Waals surface area contributed by atoms with E-state index in [0.29, 0.717) is 5.88 Å². The quantitative estimate of drug-likeness (QED) is 0.820. The maximum absolute atomic E-state index is 11.7. The molecular weight excluding hydrogens is 226 g/mol. The highest BCUT2D eigenvalue weighted by Gasteiger charge is 2.17. The smallest absolute Gasteiger partial charge is 0.224 e. The van der Waals surface area contributed by atoms with Crippen molar-refractivity contribution in [2.75, 3.05) is 5.88 Å². The van der Waals surface area contributed by atoms with E-state index in [-0.39, 0.29) is 17.9 Å². The van der Waals surface area contributed by atoms with Crippen LogP contribution in [-0.2, 0) is 11.8 Å². The van der Waals surface area contributed by atoms with E-state index in [1.165, 1.54) is 0 Å². The summed E-state index contributed by atoms with van der Waals surface area (Å²) in [5, 5.41) is 7.07. The van der Waals surface area contributed by atoms with Crippen molar-refractivity contribution in [3.05, 3.63) is 17.5 Å². The van der Waals surface area contributed by atoms with Crippen LogP contribution < -0.4 is 5.32 Å². The molecule has 0 saturated heterocycles. The normalized spacial score (nSPS) is 14.6. The third-order valence-corrected chi connectivity index (χ3v) is 3.24. The predicted octanol–water partition coefficient (Wildman–Crippen LogP) is 1.78. The fourth-order valence-corrected chi connectivity index (χ4v) is 1.58. The zero-order valence-corrected chi connectivity index (χ0v) is 10.9. The molecule has 0 aliphatic rings. The van der Waals surface area contributed by atoms with Crippen molar-refractivity contribution in [1.82, 2.24) is 15.1 Å². The second-order valence-corrected chi connectivity index (χ2v) is 4.40. The Morgan fingerprint density at radius 2 is 2.25 bits per heavy atom. The zero-order chi connectivity index (χ0) is 12.3. The van der Waals surface area contributed by atoms with Gasteiger partial charge < -0.3 is 5.32 Å². The molecule has 0 aromatic carbocycles. The lowest BCUT2D eigenvalue weighted by Crippen LogP contribution is -2.32. The fourth-order valence-electron chi connectivity index (χ4n) is 1.44. The van der Waals surface area contributed by atoms with E-state index < -0.39 is 0 Å². The molecule has 0 bridgehead atoms. The molecule has 2 atom stereocenters. The van der Waals surface area contributed by atoms with Gasteiger partial charge in [-0.3, -0.25) is 9.48 Å². The lowest BCUT2D eigenvalue weighted by atomic mass is 10.1. The number of rotatable bonds is 4. The number of amides is 1. The average molecular weight is 244 g/mol. The molecule has 1 aromatic heterocycles. The van der Waals surface area contributed by atoms with Crippen molar-refractivity contribution in [2.45, 2.75) is 26.8 Å². The number of aromatic nitrogens is 2. The summed E-state index contributed by atoms with van der Waals surface area (Å²) in [4.78, 5) is 11.7. The first-order valence-corrected chi connectivity index (χ1v) is 5.85. The Bertz CT molecular complexity index is 375. The number of alkyl halides is 1. The maximum atomic E-state index is 11.7. The van der Waals surface area contributed by atoms with Gasteiger partial charge in [0.15, 0.2) is 0 Å². The van der Waals surface area contributed by atoms with Crippen LogP contribution in [0.1, 0.15) is 31.1 Å². The minimum atomic E-state index is -0.166. The number of nitrogens with one attached hydrogen (secondary N) is 1. The van der Waals surface area contributed by atoms with Gasteiger partial charge in [-0.2, -0.15) is 5.10 Å². The molecule has 0 spiro atoms. The van der Waals surface area contributed by atoms with Crippen LogP contribution in [0.5, 0.6) is 0 Å². The van der Waals surface area contributed by atoms with Crippen LogP contribution in [0.3, 0.4) is 0 Å². The Kier molecular flexibility index (Phi) is 4.35. The van der Waals surface area contributed by atoms with Crippen molar-refractivity contribution in [3.63, 3.8) is 0 Å². The van der Waals surface area contributed by atoms with Gasteiger partial charge in [0, 0.05) is 30.1 Å². The molecule has 1 aromatic rings. The summed E-state index contributed by atoms with van der Waals surface area (Å²) in [5.41, 5.74) is 2.10. The summed E-state index contributed by atoms with van der Waals surface area (Å²) in [6.07, 6.45) is 1.78. The second-order valence-electron chi connectivity index (χ2n) is 4.09. The topological polar surface area (TPSA) is 46.9 Å². The number of halogens is 1. The minimum Gasteiger partial charge on any atom is -0.349 e. The molecule has 1 rings (SSSR count). The molecular formula is C11H18ClN3O. The van der Waals surface area contributed by atoms with Gasteiger partial charge in [-0.05, 0) is 13.8 Å². The third-order valence-electron chi connectivity index (χ3n) is 2.78. The lowest BCUT2D eigenvalue weighted by molar-refractivity contribution is -0.124. The molecule has 16 heavy (non-hydrogen) atoms. The first kappa shape index (κ1) is 13.0. The van der Waals surface area contributed by atoms with Crippen molar-refractivity contribution in [3.8, 4) is 0 Å². The van der Waals surface area contributed by atoms with E-state index in [2.05, 4.69) is 10.4 Å². The molecule has 5 heteroatoms. The summed E-state index contributed by atoms with van der Waals surface area (Å²) < 4.78 is 1.79. The monoisotopic (exact) mass is 243 g/mol. The van der Waals surface area contributed by atoms with Crippen LogP contribution in [0, 0.1) is 12.8 Å². The molecule has 0 aliphatic carbocycles. The predicted molar refractivity (Wildman–Crippen MR) is 64.4 cm³/mol. The average Bonchev–Trinajstić information content (AvgIpc) is 2.58. The van der Waals surface area contributed by atoms with Gasteiger partial charge in [-0.15, -0.1) is 11.6 Å². The molecule has 1 amide bonds. The van der Waals surface area contributed by atoms with Crippen LogP contribution in [-0.4, -0.2) is 21.6 Å². The molecule has 90 valence electrons. The molecule has 0 fully saturated rings. The number of carbonyl (C=O) groups is 1. The van der Waals surface area contributed by atoms with Crippen molar-refractivity contribution in [1.29, 1.82) is 0 Å². The van der Waals surface area contributed by atoms with E-state index in [1.54, 1.807) is 10.9 Å². The van der Waals surface area contributed by atoms with Crippen molar-refractivity contribution < 1.29 is 4.79 Å². The van der Waals surface area contributed by atoms with Crippen molar-refractivity contribution in [2.24, 2.45) is 13.0 Å². The molecule has 2 unspecified atom stereocenters. The largest absolute Gasteiger partial charge is 0.349 e. The first-order valence-electron chi connectivity index (χ1n) is 5.32. The Balaban J connectivity index is 2.69. The van der Waals surface area contributed by atoms with E-state index in [4.69, 9.17) is 11.6 Å². The van der Waals surface area contributed by atoms with Crippen LogP contribution in [0.4, 0.5) is 0 Å². The molecule has 1 N–H and O–H groups in total. The van der Waals surface area contributed by atoms with Gasteiger partial charge in [0.1, 0.15) is 0 Å². The molecule has 0 radical (unpaired) electrons. The Hall–Kier alpha value is -1.03. The number of carbonyl (C=O) groups excluding carboxylic acids is 1. The SMILES string of the molecule is Cc1c(C(C)NC(=O)C(C)CCl)cnn1C. The van der Waals surface area contributed by atoms with Crippen LogP contribution in [0.15, 0.2) is 6.20 Å². The van der Waals surface area contributed by atoms with Crippen LogP contribution >= 0.6 is 11.6 Å². The number of hydrogen-bond donors (Lipinski definition) is 1. The number of hydrogen-bond acceptors (Lipinski definition) is 2. The fraction of sp³-hybridized carbons (Fsp3) is 0.636. The molecule has 4 nitrogen and oxygen atoms in total. The Morgan fingerprint density at radius 1 is 1.62 bits per heavy atom. The van der Waals surface area contributed by atoms with Crippen LogP contribution in [0.25, 0.3) is 0 Å². The molecule has 0 saturated carbocycles. The third kappa shape index (κ3) is 2.76. The molecule has 1 heterocycles. The van der Waals surface area contributed by atoms with Gasteiger partial charge in [0.2, 0.25) is 5.91 Å². The highest BCUT2D eigenvalue weighted by molar-refractivity contribution is 6.19. The van der Waals surface area contributed by atoms with Gasteiger partial charge in [-0.1, -0.05) is 6.92 Å². The number of aryl methyl sites for hydroxylation is 1. The highest BCUT2D eigenvalue weighted by atomic mass is 35.5. The lowest BCUT2D eigenvalue weighted by Gasteiger charge is -2.16. The van der Waals surface area contributed by atoms with Gasteiger partial charge in [0.05, 0.1) is 12.2 Å². The minimum absolute atomic E-state index is 0.0225. The summed E-state index contributed by atoms with van der Waals surface area (Å²) in [6, 6.07) is -0.0353. The van der Waals surface area contributed by atoms with Crippen molar-refractivity contribution >= 4 is 17.5 Å². The van der Waals surface area contributed by atoms with Gasteiger partial charge in [-0.25, -0.2) is 0 Å². The zero-order valence-electron chi connectivity index (χ0n) is 10.1.